The molecular formula is C30H32FN5O3. The van der Waals surface area contributed by atoms with E-state index in [1.165, 1.54) is 12.1 Å². The first-order valence-corrected chi connectivity index (χ1v) is 13.9. The molecule has 2 atom stereocenters. The minimum atomic E-state index is -0.227. The Morgan fingerprint density at radius 1 is 1.05 bits per heavy atom. The van der Waals surface area contributed by atoms with E-state index in [1.807, 2.05) is 35.6 Å². The van der Waals surface area contributed by atoms with Gasteiger partial charge in [0.1, 0.15) is 17.2 Å². The molecule has 2 bridgehead atoms. The average molecular weight is 530 g/mol. The number of benzene rings is 2. The number of aryl methyl sites for hydroxylation is 1. The quantitative estimate of drug-likeness (QED) is 0.432. The van der Waals surface area contributed by atoms with Crippen molar-refractivity contribution in [2.75, 3.05) is 26.3 Å². The van der Waals surface area contributed by atoms with Gasteiger partial charge < -0.3 is 14.6 Å². The van der Waals surface area contributed by atoms with E-state index >= 15 is 0 Å². The summed E-state index contributed by atoms with van der Waals surface area (Å²) < 4.78 is 20.8. The van der Waals surface area contributed by atoms with Crippen LogP contribution in [0.3, 0.4) is 0 Å². The van der Waals surface area contributed by atoms with Crippen LogP contribution >= 0.6 is 0 Å². The molecule has 5 heterocycles. The van der Waals surface area contributed by atoms with Crippen LogP contribution in [-0.2, 0) is 11.3 Å². The molecule has 0 unspecified atom stereocenters. The number of hydrogen-bond acceptors (Lipinski definition) is 5. The fraction of sp³-hybridized carbons (Fsp3) is 0.433. The highest BCUT2D eigenvalue weighted by molar-refractivity contribution is 5.99. The minimum absolute atomic E-state index is 0.0274. The molecule has 3 aliphatic rings. The Hall–Kier alpha value is -3.56. The first kappa shape index (κ1) is 24.5. The summed E-state index contributed by atoms with van der Waals surface area (Å²) in [7, 11) is 0. The van der Waals surface area contributed by atoms with E-state index < -0.39 is 0 Å². The monoisotopic (exact) mass is 529 g/mol. The number of hydrogen-bond donors (Lipinski definition) is 1. The third kappa shape index (κ3) is 4.24. The molecule has 7 rings (SSSR count). The van der Waals surface area contributed by atoms with E-state index in [2.05, 4.69) is 19.8 Å². The zero-order chi connectivity index (χ0) is 26.7. The van der Waals surface area contributed by atoms with Gasteiger partial charge >= 0.3 is 0 Å². The summed E-state index contributed by atoms with van der Waals surface area (Å²) in [4.78, 5) is 39.1. The Kier molecular flexibility index (Phi) is 6.01. The summed E-state index contributed by atoms with van der Waals surface area (Å²) in [6, 6.07) is 10.8. The van der Waals surface area contributed by atoms with Crippen LogP contribution in [0.5, 0.6) is 0 Å². The zero-order valence-corrected chi connectivity index (χ0v) is 22.0. The lowest BCUT2D eigenvalue weighted by Gasteiger charge is -2.41. The standard InChI is InChI=1S/C30H32FN5O3/c1-18-12-26-25(33-29(37)27-14-32-28(36(26)27)20-8-10-39-11-9-20)13-24(18)30(38)35-22-6-7-23(35)17-34(16-22)15-19-2-4-21(31)5-3-19/h2-5,12-14,20,22-23H,6-11,15-17H2,1H3,(H,33,37)/t22-,23+. The molecule has 0 spiro atoms. The van der Waals surface area contributed by atoms with Crippen LogP contribution in [0.2, 0.25) is 0 Å². The maximum absolute atomic E-state index is 14.0. The fourth-order valence-electron chi connectivity index (χ4n) is 6.86. The number of halogens is 1. The highest BCUT2D eigenvalue weighted by Crippen LogP contribution is 2.34. The van der Waals surface area contributed by atoms with E-state index in [4.69, 9.17) is 4.74 Å². The summed E-state index contributed by atoms with van der Waals surface area (Å²) in [5.74, 6) is 0.919. The number of likely N-dealkylation sites (tertiary alicyclic amines) is 1. The van der Waals surface area contributed by atoms with E-state index in [-0.39, 0.29) is 35.3 Å². The zero-order valence-electron chi connectivity index (χ0n) is 22.0. The molecule has 3 saturated heterocycles. The highest BCUT2D eigenvalue weighted by Gasteiger charge is 2.43. The Morgan fingerprint density at radius 2 is 1.77 bits per heavy atom. The number of nitrogens with zero attached hydrogens (tertiary/aromatic N) is 4. The normalized spacial score (nSPS) is 22.3. The summed E-state index contributed by atoms with van der Waals surface area (Å²) >= 11 is 0. The third-order valence-corrected chi connectivity index (χ3v) is 8.78. The smallest absolute Gasteiger partial charge is 0.274 e. The van der Waals surface area contributed by atoms with Crippen LogP contribution < -0.4 is 5.56 Å². The van der Waals surface area contributed by atoms with Crippen molar-refractivity contribution in [1.29, 1.82) is 0 Å². The first-order valence-electron chi connectivity index (χ1n) is 13.9. The maximum Gasteiger partial charge on any atom is 0.274 e. The van der Waals surface area contributed by atoms with Gasteiger partial charge in [0.25, 0.3) is 11.5 Å². The SMILES string of the molecule is Cc1cc2c(cc1C(=O)N1[C@@H]3CC[C@H]1CN(Cc1ccc(F)cc1)C3)[nH]c(=O)c1cnc(C3CCOCC3)n12. The van der Waals surface area contributed by atoms with Crippen molar-refractivity contribution in [2.24, 2.45) is 0 Å². The molecule has 1 amide bonds. The van der Waals surface area contributed by atoms with Gasteiger partial charge in [-0.15, -0.1) is 0 Å². The number of carbonyl (C=O) groups is 1. The molecule has 0 aliphatic carbocycles. The molecule has 2 aromatic heterocycles. The highest BCUT2D eigenvalue weighted by atomic mass is 19.1. The predicted molar refractivity (Wildman–Crippen MR) is 146 cm³/mol. The number of H-pyrrole nitrogens is 1. The van der Waals surface area contributed by atoms with Crippen LogP contribution in [0.15, 0.2) is 47.4 Å². The van der Waals surface area contributed by atoms with Gasteiger partial charge in [-0.2, -0.15) is 0 Å². The lowest BCUT2D eigenvalue weighted by molar-refractivity contribution is 0.0404. The lowest BCUT2D eigenvalue weighted by atomic mass is 9.99. The van der Waals surface area contributed by atoms with E-state index in [1.54, 1.807) is 6.20 Å². The third-order valence-electron chi connectivity index (χ3n) is 8.78. The van der Waals surface area contributed by atoms with Crippen molar-refractivity contribution >= 4 is 22.5 Å². The number of aromatic nitrogens is 3. The Bertz CT molecular complexity index is 1610. The molecule has 3 fully saturated rings. The number of carbonyl (C=O) groups excluding carboxylic acids is 1. The minimum Gasteiger partial charge on any atom is -0.381 e. The van der Waals surface area contributed by atoms with Crippen LogP contribution in [0, 0.1) is 12.7 Å². The molecule has 3 aliphatic heterocycles. The van der Waals surface area contributed by atoms with Crippen molar-refractivity contribution in [2.45, 2.75) is 57.2 Å². The molecule has 202 valence electrons. The molecule has 9 heteroatoms. The molecule has 8 nitrogen and oxygen atoms in total. The van der Waals surface area contributed by atoms with Gasteiger partial charge in [-0.25, -0.2) is 9.37 Å². The van der Waals surface area contributed by atoms with Crippen molar-refractivity contribution in [3.63, 3.8) is 0 Å². The number of amides is 1. The van der Waals surface area contributed by atoms with Crippen LogP contribution in [0.25, 0.3) is 16.6 Å². The Morgan fingerprint density at radius 3 is 2.49 bits per heavy atom. The topological polar surface area (TPSA) is 82.9 Å². The van der Waals surface area contributed by atoms with Gasteiger partial charge in [0, 0.05) is 56.4 Å². The molecule has 0 radical (unpaired) electrons. The Balaban J connectivity index is 1.19. The molecule has 0 saturated carbocycles. The van der Waals surface area contributed by atoms with Gasteiger partial charge in [-0.3, -0.25) is 18.9 Å². The van der Waals surface area contributed by atoms with Crippen molar-refractivity contribution in [3.8, 4) is 0 Å². The average Bonchev–Trinajstić information content (AvgIpc) is 3.50. The van der Waals surface area contributed by atoms with E-state index in [9.17, 15) is 14.0 Å². The number of imidazole rings is 1. The molecule has 4 aromatic rings. The van der Waals surface area contributed by atoms with Gasteiger partial charge in [-0.1, -0.05) is 12.1 Å². The predicted octanol–water partition coefficient (Wildman–Crippen LogP) is 4.01. The molecule has 2 aromatic carbocycles. The number of ether oxygens (including phenoxy) is 1. The van der Waals surface area contributed by atoms with Crippen LogP contribution in [0.4, 0.5) is 4.39 Å². The number of nitrogens with one attached hydrogen (secondary N) is 1. The Labute approximate surface area is 225 Å². The second-order valence-corrected chi connectivity index (χ2v) is 11.3. The van der Waals surface area contributed by atoms with Gasteiger partial charge in [0.15, 0.2) is 0 Å². The number of aromatic amines is 1. The van der Waals surface area contributed by atoms with Crippen molar-refractivity contribution in [3.05, 3.63) is 81.3 Å². The van der Waals surface area contributed by atoms with Gasteiger partial charge in [-0.05, 0) is 68.0 Å². The number of fused-ring (bicyclic) bond motifs is 5. The van der Waals surface area contributed by atoms with E-state index in [0.717, 1.165) is 67.8 Å². The van der Waals surface area contributed by atoms with Crippen molar-refractivity contribution in [1.82, 2.24) is 24.2 Å². The van der Waals surface area contributed by atoms with Gasteiger partial charge in [0.05, 0.1) is 17.2 Å². The summed E-state index contributed by atoms with van der Waals surface area (Å²) in [5.41, 5.74) is 4.44. The van der Waals surface area contributed by atoms with Crippen LogP contribution in [-0.4, -0.2) is 68.5 Å². The second-order valence-electron chi connectivity index (χ2n) is 11.3. The summed E-state index contributed by atoms with van der Waals surface area (Å²) in [6.45, 7) is 5.71. The summed E-state index contributed by atoms with van der Waals surface area (Å²) in [5, 5.41) is 0. The van der Waals surface area contributed by atoms with Crippen LogP contribution in [0.1, 0.15) is 58.9 Å². The largest absolute Gasteiger partial charge is 0.381 e. The fourth-order valence-corrected chi connectivity index (χ4v) is 6.86. The number of piperazine rings is 1. The van der Waals surface area contributed by atoms with Gasteiger partial charge in [0.2, 0.25) is 0 Å². The molecule has 1 N–H and O–H groups in total. The van der Waals surface area contributed by atoms with E-state index in [0.29, 0.717) is 29.8 Å². The number of rotatable bonds is 4. The molecule has 39 heavy (non-hydrogen) atoms. The lowest BCUT2D eigenvalue weighted by Crippen LogP contribution is -2.55. The molecular weight excluding hydrogens is 497 g/mol. The van der Waals surface area contributed by atoms with Crippen molar-refractivity contribution < 1.29 is 13.9 Å². The second kappa shape index (κ2) is 9.57. The maximum atomic E-state index is 14.0. The first-order chi connectivity index (χ1) is 19.0. The summed E-state index contributed by atoms with van der Waals surface area (Å²) in [6.07, 6.45) is 5.35.